The Morgan fingerprint density at radius 1 is 1.00 bits per heavy atom. The molecule has 1 aromatic carbocycles. The summed E-state index contributed by atoms with van der Waals surface area (Å²) in [5, 5.41) is 8.63. The van der Waals surface area contributed by atoms with Gasteiger partial charge in [-0.1, -0.05) is 18.2 Å². The van der Waals surface area contributed by atoms with Gasteiger partial charge in [0.25, 0.3) is 0 Å². The first-order chi connectivity index (χ1) is 4.39. The van der Waals surface area contributed by atoms with Crippen LogP contribution in [-0.4, -0.2) is 9.30 Å². The van der Waals surface area contributed by atoms with E-state index in [4.69, 9.17) is 9.30 Å². The van der Waals surface area contributed by atoms with Crippen molar-refractivity contribution in [2.75, 3.05) is 0 Å². The minimum absolute atomic E-state index is 0.322. The van der Waals surface area contributed by atoms with Crippen molar-refractivity contribution in [3.63, 3.8) is 0 Å². The summed E-state index contributed by atoms with van der Waals surface area (Å²) in [5.41, 5.74) is 0. The third-order valence-electron chi connectivity index (χ3n) is 0.756. The molecule has 0 aromatic heterocycles. The predicted molar refractivity (Wildman–Crippen MR) is 30.3 cm³/mol. The Kier molecular flexibility index (Phi) is 5.32. The van der Waals surface area contributed by atoms with Gasteiger partial charge in [0.1, 0.15) is 5.75 Å². The monoisotopic (exact) mass is 167 g/mol. The fourth-order valence-electron chi connectivity index (χ4n) is 0.428. The second-order valence-corrected chi connectivity index (χ2v) is 1.34. The molecule has 0 amide bonds. The number of benzene rings is 1. The molecule has 0 heterocycles. The zero-order valence-electron chi connectivity index (χ0n) is 4.63. The van der Waals surface area contributed by atoms with Crippen LogP contribution in [-0.2, 0) is 16.3 Å². The van der Waals surface area contributed by atoms with Crippen LogP contribution in [0.1, 0.15) is 0 Å². The average Bonchev–Trinajstić information content (AvgIpc) is 1.94. The van der Waals surface area contributed by atoms with Crippen LogP contribution in [0.2, 0.25) is 0 Å². The van der Waals surface area contributed by atoms with E-state index in [1.165, 1.54) is 0 Å². The van der Waals surface area contributed by atoms with Crippen molar-refractivity contribution in [1.29, 1.82) is 0 Å². The van der Waals surface area contributed by atoms with E-state index >= 15 is 0 Å². The Hall–Kier alpha value is -0.501. The predicted octanol–water partition coefficient (Wildman–Crippen LogP) is 0.833. The summed E-state index contributed by atoms with van der Waals surface area (Å²) in [6.07, 6.45) is 0. The van der Waals surface area contributed by atoms with Gasteiger partial charge >= 0.3 is 20.5 Å². The van der Waals surface area contributed by atoms with E-state index in [1.54, 1.807) is 24.3 Å². The Bertz CT molecular complexity index is 141. The quantitative estimate of drug-likeness (QED) is 0.561. The third kappa shape index (κ3) is 4.03. The first kappa shape index (κ1) is 8.50. The van der Waals surface area contributed by atoms with Crippen molar-refractivity contribution in [3.8, 4) is 5.75 Å². The van der Waals surface area contributed by atoms with Gasteiger partial charge in [0, 0.05) is 0 Å². The second kappa shape index (κ2) is 5.63. The van der Waals surface area contributed by atoms with E-state index < -0.39 is 0 Å². The van der Waals surface area contributed by atoms with Gasteiger partial charge in [-0.05, 0) is 12.1 Å². The van der Waals surface area contributed by atoms with Crippen molar-refractivity contribution in [2.45, 2.75) is 0 Å². The van der Waals surface area contributed by atoms with E-state index in [0.29, 0.717) is 5.75 Å². The summed E-state index contributed by atoms with van der Waals surface area (Å²) in [4.78, 5) is 0. The van der Waals surface area contributed by atoms with Crippen molar-refractivity contribution >= 4 is 0 Å². The van der Waals surface area contributed by atoms with Crippen LogP contribution in [0.15, 0.2) is 30.3 Å². The SMILES string of the molecule is Oc1ccccc1.[OH][Fe]. The Morgan fingerprint density at radius 3 is 1.67 bits per heavy atom. The Balaban J connectivity index is 0.000000291. The van der Waals surface area contributed by atoms with Crippen LogP contribution in [0.3, 0.4) is 0 Å². The van der Waals surface area contributed by atoms with E-state index in [9.17, 15) is 0 Å². The van der Waals surface area contributed by atoms with Crippen LogP contribution in [0.4, 0.5) is 0 Å². The zero-order valence-corrected chi connectivity index (χ0v) is 5.74. The zero-order chi connectivity index (χ0) is 7.11. The summed E-state index contributed by atoms with van der Waals surface area (Å²) < 4.78 is 6.75. The summed E-state index contributed by atoms with van der Waals surface area (Å²) in [6, 6.07) is 8.71. The van der Waals surface area contributed by atoms with Crippen molar-refractivity contribution < 1.29 is 25.6 Å². The van der Waals surface area contributed by atoms with Crippen molar-refractivity contribution in [3.05, 3.63) is 30.3 Å². The average molecular weight is 167 g/mol. The summed E-state index contributed by atoms with van der Waals surface area (Å²) in [6.45, 7) is 0. The molecule has 0 unspecified atom stereocenters. The van der Waals surface area contributed by atoms with Crippen LogP contribution in [0.5, 0.6) is 5.75 Å². The number of hydrogen-bond donors (Lipinski definition) is 2. The molecule has 0 aliphatic rings. The molecule has 0 fully saturated rings. The molecular weight excluding hydrogens is 160 g/mol. The first-order valence-electron chi connectivity index (χ1n) is 2.29. The molecule has 2 nitrogen and oxygen atoms in total. The van der Waals surface area contributed by atoms with E-state index in [-0.39, 0.29) is 0 Å². The summed E-state index contributed by atoms with van der Waals surface area (Å²) in [7, 11) is 0. The number of para-hydroxylation sites is 1. The molecule has 2 N–H and O–H groups in total. The van der Waals surface area contributed by atoms with Crippen LogP contribution >= 0.6 is 0 Å². The molecule has 1 rings (SSSR count). The van der Waals surface area contributed by atoms with Crippen LogP contribution in [0.25, 0.3) is 0 Å². The molecule has 1 aromatic rings. The summed E-state index contributed by atoms with van der Waals surface area (Å²) in [5.74, 6) is 0.322. The maximum absolute atomic E-state index is 8.63. The van der Waals surface area contributed by atoms with E-state index in [0.717, 1.165) is 0 Å². The van der Waals surface area contributed by atoms with Gasteiger partial charge in [0.2, 0.25) is 0 Å². The van der Waals surface area contributed by atoms with Gasteiger partial charge in [0.05, 0.1) is 0 Å². The molecular formula is C6H7FeO2. The number of phenols is 1. The Morgan fingerprint density at radius 2 is 1.44 bits per heavy atom. The standard InChI is InChI=1S/C6H6O.Fe.H2O/c7-6-4-2-1-3-5-6;;/h1-5,7H;;1H2/q;+1;/p-1. The third-order valence-corrected chi connectivity index (χ3v) is 0.756. The molecule has 0 saturated carbocycles. The molecule has 0 spiro atoms. The molecule has 0 radical (unpaired) electrons. The molecule has 51 valence electrons. The molecule has 3 heteroatoms. The first-order valence-corrected chi connectivity index (χ1v) is 2.79. The molecule has 0 aliphatic heterocycles. The Labute approximate surface area is 62.3 Å². The van der Waals surface area contributed by atoms with Crippen LogP contribution < -0.4 is 0 Å². The second-order valence-electron chi connectivity index (χ2n) is 1.34. The van der Waals surface area contributed by atoms with Gasteiger partial charge in [-0.3, -0.25) is 0 Å². The molecule has 0 saturated heterocycles. The number of aromatic hydroxyl groups is 1. The van der Waals surface area contributed by atoms with Gasteiger partial charge in [-0.2, -0.15) is 0 Å². The van der Waals surface area contributed by atoms with Gasteiger partial charge in [-0.15, -0.1) is 0 Å². The normalized spacial score (nSPS) is 7.33. The number of phenolic OH excluding ortho intramolecular Hbond substituents is 1. The molecule has 0 aliphatic carbocycles. The summed E-state index contributed by atoms with van der Waals surface area (Å²) >= 11 is 2.25. The molecule has 0 bridgehead atoms. The molecule has 9 heavy (non-hydrogen) atoms. The number of rotatable bonds is 0. The van der Waals surface area contributed by atoms with Crippen molar-refractivity contribution in [1.82, 2.24) is 0 Å². The fraction of sp³-hybridized carbons (Fsp3) is 0. The number of hydrogen-bond acceptors (Lipinski definition) is 2. The van der Waals surface area contributed by atoms with E-state index in [1.807, 2.05) is 6.07 Å². The van der Waals surface area contributed by atoms with Gasteiger partial charge < -0.3 is 5.11 Å². The topological polar surface area (TPSA) is 40.5 Å². The van der Waals surface area contributed by atoms with Gasteiger partial charge in [-0.25, -0.2) is 0 Å². The van der Waals surface area contributed by atoms with Crippen molar-refractivity contribution in [2.24, 2.45) is 0 Å². The van der Waals surface area contributed by atoms with E-state index in [2.05, 4.69) is 16.3 Å². The fourth-order valence-corrected chi connectivity index (χ4v) is 0.428. The minimum atomic E-state index is 0.322. The molecule has 0 atom stereocenters. The van der Waals surface area contributed by atoms with Gasteiger partial charge in [0.15, 0.2) is 0 Å². The maximum atomic E-state index is 8.63. The van der Waals surface area contributed by atoms with Crippen LogP contribution in [0, 0.1) is 0 Å².